The summed E-state index contributed by atoms with van der Waals surface area (Å²) in [6, 6.07) is 15.1. The maximum atomic E-state index is 12.1. The second kappa shape index (κ2) is 6.57. The molecule has 0 heterocycles. The summed E-state index contributed by atoms with van der Waals surface area (Å²) in [4.78, 5) is 12.1. The van der Waals surface area contributed by atoms with Gasteiger partial charge in [-0.2, -0.15) is 0 Å². The average molecular weight is 334 g/mol. The van der Waals surface area contributed by atoms with Crippen molar-refractivity contribution in [3.05, 3.63) is 58.6 Å². The van der Waals surface area contributed by atoms with E-state index in [4.69, 9.17) is 4.74 Å². The van der Waals surface area contributed by atoms with Gasteiger partial charge in [-0.05, 0) is 59.6 Å². The Morgan fingerprint density at radius 3 is 2.55 bits per heavy atom. The maximum absolute atomic E-state index is 12.1. The number of aryl methyl sites for hydroxylation is 1. The van der Waals surface area contributed by atoms with E-state index in [1.165, 1.54) is 0 Å². The Morgan fingerprint density at radius 2 is 1.90 bits per heavy atom. The van der Waals surface area contributed by atoms with Crippen LogP contribution in [0.25, 0.3) is 0 Å². The number of halogens is 1. The van der Waals surface area contributed by atoms with Gasteiger partial charge >= 0.3 is 0 Å². The number of hydrogen-bond acceptors (Lipinski definition) is 2. The summed E-state index contributed by atoms with van der Waals surface area (Å²) in [5, 5.41) is 2.85. The molecule has 1 unspecified atom stereocenters. The topological polar surface area (TPSA) is 38.3 Å². The Labute approximate surface area is 127 Å². The Kier molecular flexibility index (Phi) is 4.79. The van der Waals surface area contributed by atoms with E-state index in [1.807, 2.05) is 55.5 Å². The minimum Gasteiger partial charge on any atom is -0.481 e. The average Bonchev–Trinajstić information content (AvgIpc) is 2.43. The number of ether oxygens (including phenoxy) is 1. The zero-order chi connectivity index (χ0) is 14.5. The highest BCUT2D eigenvalue weighted by Gasteiger charge is 2.15. The first-order valence-corrected chi connectivity index (χ1v) is 7.14. The summed E-state index contributed by atoms with van der Waals surface area (Å²) < 4.78 is 6.44. The van der Waals surface area contributed by atoms with Crippen LogP contribution in [0.1, 0.15) is 12.5 Å². The number of rotatable bonds is 4. The van der Waals surface area contributed by atoms with Crippen molar-refractivity contribution in [1.29, 1.82) is 0 Å². The van der Waals surface area contributed by atoms with Gasteiger partial charge in [-0.1, -0.05) is 24.3 Å². The van der Waals surface area contributed by atoms with Gasteiger partial charge in [-0.25, -0.2) is 0 Å². The predicted octanol–water partition coefficient (Wildman–Crippen LogP) is 4.16. The SMILES string of the molecule is Cc1ccc(NC(=O)C(C)Oc2ccccc2)c(Br)c1. The molecule has 104 valence electrons. The fourth-order valence-electron chi connectivity index (χ4n) is 1.71. The Hall–Kier alpha value is -1.81. The number of nitrogens with one attached hydrogen (secondary N) is 1. The molecular formula is C16H16BrNO2. The monoisotopic (exact) mass is 333 g/mol. The van der Waals surface area contributed by atoms with E-state index in [-0.39, 0.29) is 5.91 Å². The van der Waals surface area contributed by atoms with E-state index < -0.39 is 6.10 Å². The lowest BCUT2D eigenvalue weighted by Crippen LogP contribution is -2.30. The van der Waals surface area contributed by atoms with E-state index >= 15 is 0 Å². The zero-order valence-corrected chi connectivity index (χ0v) is 13.0. The lowest BCUT2D eigenvalue weighted by Gasteiger charge is -2.15. The van der Waals surface area contributed by atoms with Crippen molar-refractivity contribution in [3.8, 4) is 5.75 Å². The zero-order valence-electron chi connectivity index (χ0n) is 11.4. The number of benzene rings is 2. The van der Waals surface area contributed by atoms with Crippen LogP contribution in [-0.4, -0.2) is 12.0 Å². The number of hydrogen-bond donors (Lipinski definition) is 1. The number of amides is 1. The normalized spacial score (nSPS) is 11.8. The summed E-state index contributed by atoms with van der Waals surface area (Å²) in [6.45, 7) is 3.72. The molecule has 1 N–H and O–H groups in total. The lowest BCUT2D eigenvalue weighted by molar-refractivity contribution is -0.122. The third kappa shape index (κ3) is 3.84. The lowest BCUT2D eigenvalue weighted by atomic mass is 10.2. The molecule has 0 bridgehead atoms. The molecule has 20 heavy (non-hydrogen) atoms. The molecule has 0 saturated heterocycles. The maximum Gasteiger partial charge on any atom is 0.265 e. The highest BCUT2D eigenvalue weighted by atomic mass is 79.9. The number of para-hydroxylation sites is 1. The second-order valence-electron chi connectivity index (χ2n) is 4.55. The van der Waals surface area contributed by atoms with Crippen LogP contribution in [0.2, 0.25) is 0 Å². The third-order valence-corrected chi connectivity index (χ3v) is 3.46. The van der Waals surface area contributed by atoms with Crippen LogP contribution >= 0.6 is 15.9 Å². The largest absolute Gasteiger partial charge is 0.481 e. The van der Waals surface area contributed by atoms with Crippen molar-refractivity contribution >= 4 is 27.5 Å². The van der Waals surface area contributed by atoms with Gasteiger partial charge in [0.05, 0.1) is 5.69 Å². The van der Waals surface area contributed by atoms with Gasteiger partial charge < -0.3 is 10.1 Å². The van der Waals surface area contributed by atoms with Crippen LogP contribution in [0, 0.1) is 6.92 Å². The van der Waals surface area contributed by atoms with Crippen molar-refractivity contribution in [1.82, 2.24) is 0 Å². The molecule has 2 rings (SSSR count). The van der Waals surface area contributed by atoms with Gasteiger partial charge in [0.1, 0.15) is 5.75 Å². The summed E-state index contributed by atoms with van der Waals surface area (Å²) in [5.74, 6) is 0.497. The minimum atomic E-state index is -0.564. The molecule has 0 aliphatic rings. The number of carbonyl (C=O) groups is 1. The molecule has 0 aliphatic carbocycles. The second-order valence-corrected chi connectivity index (χ2v) is 5.40. The molecule has 3 nitrogen and oxygen atoms in total. The molecule has 1 amide bonds. The molecule has 0 aliphatic heterocycles. The van der Waals surface area contributed by atoms with Crippen molar-refractivity contribution in [2.24, 2.45) is 0 Å². The third-order valence-electron chi connectivity index (χ3n) is 2.81. The Balaban J connectivity index is 2.01. The molecular weight excluding hydrogens is 318 g/mol. The molecule has 2 aromatic carbocycles. The Morgan fingerprint density at radius 1 is 1.20 bits per heavy atom. The number of carbonyl (C=O) groups excluding carboxylic acids is 1. The van der Waals surface area contributed by atoms with Gasteiger partial charge in [0, 0.05) is 4.47 Å². The van der Waals surface area contributed by atoms with Crippen molar-refractivity contribution in [2.45, 2.75) is 20.0 Å². The first kappa shape index (κ1) is 14.6. The van der Waals surface area contributed by atoms with E-state index in [2.05, 4.69) is 21.2 Å². The van der Waals surface area contributed by atoms with Gasteiger partial charge in [-0.15, -0.1) is 0 Å². The predicted molar refractivity (Wildman–Crippen MR) is 84.0 cm³/mol. The fourth-order valence-corrected chi connectivity index (χ4v) is 2.30. The molecule has 0 saturated carbocycles. The fraction of sp³-hybridized carbons (Fsp3) is 0.188. The van der Waals surface area contributed by atoms with Crippen molar-refractivity contribution in [3.63, 3.8) is 0 Å². The summed E-state index contributed by atoms with van der Waals surface area (Å²) in [5.41, 5.74) is 1.87. The standard InChI is InChI=1S/C16H16BrNO2/c1-11-8-9-15(14(17)10-11)18-16(19)12(2)20-13-6-4-3-5-7-13/h3-10,12H,1-2H3,(H,18,19). The molecule has 1 atom stereocenters. The molecule has 2 aromatic rings. The van der Waals surface area contributed by atoms with E-state index in [0.29, 0.717) is 5.75 Å². The van der Waals surface area contributed by atoms with Crippen LogP contribution in [0.4, 0.5) is 5.69 Å². The van der Waals surface area contributed by atoms with Crippen molar-refractivity contribution in [2.75, 3.05) is 5.32 Å². The first-order valence-electron chi connectivity index (χ1n) is 6.35. The first-order chi connectivity index (χ1) is 9.56. The molecule has 4 heteroatoms. The highest BCUT2D eigenvalue weighted by molar-refractivity contribution is 9.10. The summed E-state index contributed by atoms with van der Waals surface area (Å²) in [6.07, 6.45) is -0.564. The molecule has 0 spiro atoms. The summed E-state index contributed by atoms with van der Waals surface area (Å²) in [7, 11) is 0. The molecule has 0 aromatic heterocycles. The van der Waals surface area contributed by atoms with Crippen LogP contribution < -0.4 is 10.1 Å². The van der Waals surface area contributed by atoms with Crippen LogP contribution in [0.15, 0.2) is 53.0 Å². The van der Waals surface area contributed by atoms with Gasteiger partial charge in [0.25, 0.3) is 5.91 Å². The van der Waals surface area contributed by atoms with Gasteiger partial charge in [0.15, 0.2) is 6.10 Å². The van der Waals surface area contributed by atoms with E-state index in [1.54, 1.807) is 6.92 Å². The quantitative estimate of drug-likeness (QED) is 0.912. The van der Waals surface area contributed by atoms with Crippen LogP contribution in [0.3, 0.4) is 0 Å². The van der Waals surface area contributed by atoms with Crippen molar-refractivity contribution < 1.29 is 9.53 Å². The van der Waals surface area contributed by atoms with E-state index in [9.17, 15) is 4.79 Å². The molecule has 0 radical (unpaired) electrons. The van der Waals surface area contributed by atoms with Gasteiger partial charge in [-0.3, -0.25) is 4.79 Å². The minimum absolute atomic E-state index is 0.182. The highest BCUT2D eigenvalue weighted by Crippen LogP contribution is 2.23. The van der Waals surface area contributed by atoms with E-state index in [0.717, 1.165) is 15.7 Å². The van der Waals surface area contributed by atoms with Gasteiger partial charge in [0.2, 0.25) is 0 Å². The van der Waals surface area contributed by atoms with Crippen LogP contribution in [-0.2, 0) is 4.79 Å². The smallest absolute Gasteiger partial charge is 0.265 e. The Bertz CT molecular complexity index is 599. The van der Waals surface area contributed by atoms with Crippen LogP contribution in [0.5, 0.6) is 5.75 Å². The number of anilines is 1. The molecule has 0 fully saturated rings. The summed E-state index contributed by atoms with van der Waals surface area (Å²) >= 11 is 3.44.